The molecule has 0 aromatic heterocycles. The first kappa shape index (κ1) is 8.92. The van der Waals surface area contributed by atoms with Crippen molar-refractivity contribution in [3.63, 3.8) is 0 Å². The van der Waals surface area contributed by atoms with Crippen molar-refractivity contribution < 1.29 is 0 Å². The van der Waals surface area contributed by atoms with Crippen LogP contribution in [0.2, 0.25) is 0 Å². The third-order valence-electron chi connectivity index (χ3n) is 1.79. The Bertz CT molecular complexity index is 67.3. The maximum Gasteiger partial charge on any atom is 0.0656 e. The SMILES string of the molecule is CCNC(N)(CC)CC. The monoisotopic (exact) mass is 130 g/mol. The lowest BCUT2D eigenvalue weighted by Crippen LogP contribution is -2.52. The van der Waals surface area contributed by atoms with Gasteiger partial charge in [-0.05, 0) is 19.4 Å². The molecule has 0 heterocycles. The van der Waals surface area contributed by atoms with Crippen molar-refractivity contribution in [1.82, 2.24) is 5.32 Å². The topological polar surface area (TPSA) is 38.0 Å². The smallest absolute Gasteiger partial charge is 0.0656 e. The average molecular weight is 130 g/mol. The van der Waals surface area contributed by atoms with Crippen LogP contribution in [0.15, 0.2) is 0 Å². The summed E-state index contributed by atoms with van der Waals surface area (Å²) >= 11 is 0. The van der Waals surface area contributed by atoms with Gasteiger partial charge in [0.05, 0.1) is 5.66 Å². The van der Waals surface area contributed by atoms with Crippen LogP contribution in [0, 0.1) is 0 Å². The lowest BCUT2D eigenvalue weighted by atomic mass is 10.1. The van der Waals surface area contributed by atoms with E-state index < -0.39 is 0 Å². The fraction of sp³-hybridized carbons (Fsp3) is 1.00. The van der Waals surface area contributed by atoms with Crippen LogP contribution in [-0.4, -0.2) is 12.2 Å². The molecule has 0 aliphatic rings. The van der Waals surface area contributed by atoms with E-state index in [9.17, 15) is 0 Å². The zero-order valence-electron chi connectivity index (χ0n) is 6.70. The molecule has 56 valence electrons. The Labute approximate surface area is 57.8 Å². The highest BCUT2D eigenvalue weighted by atomic mass is 15.1. The van der Waals surface area contributed by atoms with Gasteiger partial charge >= 0.3 is 0 Å². The molecule has 2 heteroatoms. The Morgan fingerprint density at radius 2 is 1.67 bits per heavy atom. The van der Waals surface area contributed by atoms with E-state index in [0.717, 1.165) is 19.4 Å². The molecule has 0 spiro atoms. The Morgan fingerprint density at radius 3 is 1.78 bits per heavy atom. The van der Waals surface area contributed by atoms with Gasteiger partial charge in [0.25, 0.3) is 0 Å². The van der Waals surface area contributed by atoms with Gasteiger partial charge in [-0.25, -0.2) is 0 Å². The van der Waals surface area contributed by atoms with E-state index in [1.807, 2.05) is 0 Å². The number of nitrogens with two attached hydrogens (primary N) is 1. The predicted octanol–water partition coefficient (Wildman–Crippen LogP) is 1.07. The maximum absolute atomic E-state index is 5.90. The standard InChI is InChI=1S/C7H18N2/c1-4-7(8,5-2)9-6-3/h9H,4-6,8H2,1-3H3. The maximum atomic E-state index is 5.90. The van der Waals surface area contributed by atoms with Crippen LogP contribution < -0.4 is 11.1 Å². The van der Waals surface area contributed by atoms with Gasteiger partial charge in [0.2, 0.25) is 0 Å². The lowest BCUT2D eigenvalue weighted by molar-refractivity contribution is 0.319. The van der Waals surface area contributed by atoms with Gasteiger partial charge in [-0.1, -0.05) is 20.8 Å². The molecule has 0 amide bonds. The molecule has 9 heavy (non-hydrogen) atoms. The summed E-state index contributed by atoms with van der Waals surface area (Å²) < 4.78 is 0. The minimum atomic E-state index is -0.116. The van der Waals surface area contributed by atoms with Crippen LogP contribution >= 0.6 is 0 Å². The third kappa shape index (κ3) is 2.82. The summed E-state index contributed by atoms with van der Waals surface area (Å²) in [7, 11) is 0. The lowest BCUT2D eigenvalue weighted by Gasteiger charge is -2.27. The first-order chi connectivity index (χ1) is 4.18. The van der Waals surface area contributed by atoms with Gasteiger partial charge in [0.1, 0.15) is 0 Å². The average Bonchev–Trinajstić information content (AvgIpc) is 1.89. The molecular formula is C7H18N2. The molecule has 0 saturated heterocycles. The fourth-order valence-electron chi connectivity index (χ4n) is 0.852. The largest absolute Gasteiger partial charge is 0.313 e. The van der Waals surface area contributed by atoms with Gasteiger partial charge in [-0.15, -0.1) is 0 Å². The molecule has 0 saturated carbocycles. The zero-order chi connectivity index (χ0) is 7.33. The van der Waals surface area contributed by atoms with E-state index in [0.29, 0.717) is 0 Å². The van der Waals surface area contributed by atoms with E-state index in [1.165, 1.54) is 0 Å². The molecular weight excluding hydrogens is 112 g/mol. The quantitative estimate of drug-likeness (QED) is 0.559. The predicted molar refractivity (Wildman–Crippen MR) is 41.2 cm³/mol. The van der Waals surface area contributed by atoms with Gasteiger partial charge in [-0.2, -0.15) is 0 Å². The van der Waals surface area contributed by atoms with Crippen LogP contribution in [0.4, 0.5) is 0 Å². The zero-order valence-corrected chi connectivity index (χ0v) is 6.70. The van der Waals surface area contributed by atoms with Crippen molar-refractivity contribution >= 4 is 0 Å². The second-order valence-corrected chi connectivity index (χ2v) is 2.39. The van der Waals surface area contributed by atoms with Crippen molar-refractivity contribution in [3.05, 3.63) is 0 Å². The van der Waals surface area contributed by atoms with Crippen LogP contribution in [0.5, 0.6) is 0 Å². The number of hydrogen-bond acceptors (Lipinski definition) is 2. The second-order valence-electron chi connectivity index (χ2n) is 2.39. The number of nitrogens with one attached hydrogen (secondary N) is 1. The molecule has 0 aliphatic heterocycles. The van der Waals surface area contributed by atoms with Gasteiger partial charge in [0.15, 0.2) is 0 Å². The molecule has 0 atom stereocenters. The van der Waals surface area contributed by atoms with Gasteiger partial charge in [-0.3, -0.25) is 5.32 Å². The summed E-state index contributed by atoms with van der Waals surface area (Å²) in [5.74, 6) is 0. The van der Waals surface area contributed by atoms with E-state index in [1.54, 1.807) is 0 Å². The Morgan fingerprint density at radius 1 is 1.22 bits per heavy atom. The second kappa shape index (κ2) is 3.85. The summed E-state index contributed by atoms with van der Waals surface area (Å²) in [6, 6.07) is 0. The molecule has 0 fully saturated rings. The van der Waals surface area contributed by atoms with Crippen molar-refractivity contribution in [2.24, 2.45) is 5.73 Å². The number of rotatable bonds is 4. The highest BCUT2D eigenvalue weighted by molar-refractivity contribution is 4.76. The highest BCUT2D eigenvalue weighted by Crippen LogP contribution is 2.05. The van der Waals surface area contributed by atoms with E-state index in [-0.39, 0.29) is 5.66 Å². The van der Waals surface area contributed by atoms with Crippen LogP contribution in [0.25, 0.3) is 0 Å². The van der Waals surface area contributed by atoms with Crippen molar-refractivity contribution in [3.8, 4) is 0 Å². The highest BCUT2D eigenvalue weighted by Gasteiger charge is 2.16. The minimum Gasteiger partial charge on any atom is -0.313 e. The number of hydrogen-bond donors (Lipinski definition) is 2. The van der Waals surface area contributed by atoms with E-state index in [2.05, 4.69) is 26.1 Å². The minimum absolute atomic E-state index is 0.116. The van der Waals surface area contributed by atoms with Crippen molar-refractivity contribution in [1.29, 1.82) is 0 Å². The third-order valence-corrected chi connectivity index (χ3v) is 1.79. The van der Waals surface area contributed by atoms with Gasteiger partial charge in [0, 0.05) is 0 Å². The molecule has 3 N–H and O–H groups in total. The molecule has 0 unspecified atom stereocenters. The van der Waals surface area contributed by atoms with Gasteiger partial charge < -0.3 is 5.73 Å². The fourth-order valence-corrected chi connectivity index (χ4v) is 0.852. The summed E-state index contributed by atoms with van der Waals surface area (Å²) in [6.07, 6.45) is 1.99. The van der Waals surface area contributed by atoms with Crippen molar-refractivity contribution in [2.45, 2.75) is 39.3 Å². The van der Waals surface area contributed by atoms with Crippen LogP contribution in [0.3, 0.4) is 0 Å². The first-order valence-electron chi connectivity index (χ1n) is 3.72. The molecule has 0 radical (unpaired) electrons. The van der Waals surface area contributed by atoms with Crippen LogP contribution in [0.1, 0.15) is 33.6 Å². The molecule has 0 aromatic carbocycles. The van der Waals surface area contributed by atoms with Crippen LogP contribution in [-0.2, 0) is 0 Å². The van der Waals surface area contributed by atoms with E-state index in [4.69, 9.17) is 5.73 Å². The Kier molecular flexibility index (Phi) is 3.82. The molecule has 0 bridgehead atoms. The summed E-state index contributed by atoms with van der Waals surface area (Å²) in [6.45, 7) is 7.24. The summed E-state index contributed by atoms with van der Waals surface area (Å²) in [4.78, 5) is 0. The Balaban J connectivity index is 3.62. The van der Waals surface area contributed by atoms with E-state index >= 15 is 0 Å². The molecule has 0 aromatic rings. The first-order valence-corrected chi connectivity index (χ1v) is 3.72. The molecule has 0 aliphatic carbocycles. The summed E-state index contributed by atoms with van der Waals surface area (Å²) in [5.41, 5.74) is 5.78. The summed E-state index contributed by atoms with van der Waals surface area (Å²) in [5, 5.41) is 3.24. The van der Waals surface area contributed by atoms with Crippen molar-refractivity contribution in [2.75, 3.05) is 6.54 Å². The normalized spacial score (nSPS) is 12.0. The molecule has 0 rings (SSSR count). The Hall–Kier alpha value is -0.0800. The molecule has 2 nitrogen and oxygen atoms in total.